The molecular weight excluding hydrogens is 743 g/mol. The summed E-state index contributed by atoms with van der Waals surface area (Å²) in [5.74, 6) is 0.378. The average molecular weight is 768 g/mol. The Bertz CT molecular complexity index is 1330. The Balaban J connectivity index is 0.00000216. The SMILES string of the molecule is CCSc1c(SN2Sc3c(n(CCC(F)(F)F)c(=S)n3CCCF)S2)n(CCC(F)(F)F)c(=S)n1CCC(F)(F)F.FCF. The van der Waals surface area contributed by atoms with E-state index in [2.05, 4.69) is 0 Å². The van der Waals surface area contributed by atoms with Gasteiger partial charge >= 0.3 is 18.5 Å². The zero-order valence-corrected chi connectivity index (χ0v) is 27.4. The van der Waals surface area contributed by atoms with Gasteiger partial charge in [-0.2, -0.15) is 39.5 Å². The molecule has 23 heteroatoms. The van der Waals surface area contributed by atoms with Crippen LogP contribution in [0.3, 0.4) is 0 Å². The molecule has 0 amide bonds. The number of nitrogens with zero attached hydrogens (tertiary/aromatic N) is 5. The van der Waals surface area contributed by atoms with Crippen LogP contribution < -0.4 is 0 Å². The minimum absolute atomic E-state index is 0.0541. The van der Waals surface area contributed by atoms with Gasteiger partial charge in [0, 0.05) is 62.0 Å². The van der Waals surface area contributed by atoms with Crippen LogP contribution in [0.15, 0.2) is 20.1 Å². The van der Waals surface area contributed by atoms with Gasteiger partial charge < -0.3 is 18.3 Å². The van der Waals surface area contributed by atoms with Crippen molar-refractivity contribution >= 4 is 72.0 Å². The molecule has 0 N–H and O–H groups in total. The molecule has 0 radical (unpaired) electrons. The molecule has 3 rings (SSSR count). The van der Waals surface area contributed by atoms with Crippen LogP contribution in [-0.2, 0) is 26.2 Å². The molecule has 3 heterocycles. The van der Waals surface area contributed by atoms with E-state index >= 15 is 0 Å². The Morgan fingerprint density at radius 1 is 0.636 bits per heavy atom. The molecule has 0 spiro atoms. The summed E-state index contributed by atoms with van der Waals surface area (Å²) in [4.78, 5) is 0. The molecule has 2 aromatic rings. The summed E-state index contributed by atoms with van der Waals surface area (Å²) in [7, 11) is 0. The van der Waals surface area contributed by atoms with E-state index in [-0.39, 0.29) is 32.6 Å². The minimum Gasteiger partial charge on any atom is -0.310 e. The predicted octanol–water partition coefficient (Wildman–Crippen LogP) is 10.6. The Labute approximate surface area is 271 Å². The smallest absolute Gasteiger partial charge is 0.310 e. The second-order valence-corrected chi connectivity index (χ2v) is 14.0. The molecule has 254 valence electrons. The molecule has 1 aliphatic rings. The summed E-state index contributed by atoms with van der Waals surface area (Å²) in [6, 6.07) is 0. The number of aromatic nitrogens is 4. The van der Waals surface area contributed by atoms with Gasteiger partial charge in [0.05, 0.1) is 25.9 Å². The molecule has 0 fully saturated rings. The van der Waals surface area contributed by atoms with Crippen LogP contribution in [-0.4, -0.2) is 59.3 Å². The van der Waals surface area contributed by atoms with Crippen LogP contribution in [0.2, 0.25) is 0 Å². The molecule has 0 aromatic carbocycles. The highest BCUT2D eigenvalue weighted by Crippen LogP contribution is 2.54. The third kappa shape index (κ3) is 11.6. The molecule has 5 nitrogen and oxygen atoms in total. The average Bonchev–Trinajstić information content (AvgIpc) is 3.47. The maximum Gasteiger partial charge on any atom is 0.390 e. The number of imidazole rings is 2. The van der Waals surface area contributed by atoms with Crippen LogP contribution in [0, 0.1) is 9.54 Å². The summed E-state index contributed by atoms with van der Waals surface area (Å²) < 4.78 is 156. The number of hydrogen-bond acceptors (Lipinski definition) is 7. The monoisotopic (exact) mass is 767 g/mol. The number of hydrogen-bond donors (Lipinski definition) is 0. The van der Waals surface area contributed by atoms with Crippen molar-refractivity contribution in [2.24, 2.45) is 0 Å². The molecule has 0 bridgehead atoms. The van der Waals surface area contributed by atoms with E-state index in [0.717, 1.165) is 52.2 Å². The maximum atomic E-state index is 13.1. The van der Waals surface area contributed by atoms with Crippen molar-refractivity contribution in [3.63, 3.8) is 0 Å². The fourth-order valence-corrected chi connectivity index (χ4v) is 9.48. The molecular formula is C21H25F12N5S6. The summed E-state index contributed by atoms with van der Waals surface area (Å²) in [5, 5.41) is 1.21. The van der Waals surface area contributed by atoms with Gasteiger partial charge in [0.15, 0.2) is 9.54 Å². The second-order valence-electron chi connectivity index (χ2n) is 8.56. The number of rotatable bonds is 13. The standard InChI is InChI=1S/C20H23F10N5S6.CH2F2/c1-2-38-12-13(33(10-5-19(25,26)27)17(37)32(12)9-4-18(22,23)24)39-35-40-14-15(41-35)34(11-6-20(28,29)30)16(36)31(14)8-3-7-21;2-1-3/h2-11H2,1H3;1H2. The Hall–Kier alpha value is -0.620. The van der Waals surface area contributed by atoms with Crippen molar-refractivity contribution in [2.75, 3.05) is 19.4 Å². The summed E-state index contributed by atoms with van der Waals surface area (Å²) >= 11 is 14.7. The summed E-state index contributed by atoms with van der Waals surface area (Å²) in [5.41, 5.74) is 0. The quantitative estimate of drug-likeness (QED) is 0.0866. The highest BCUT2D eigenvalue weighted by Gasteiger charge is 2.36. The molecule has 0 unspecified atom stereocenters. The molecule has 2 aromatic heterocycles. The largest absolute Gasteiger partial charge is 0.390 e. The van der Waals surface area contributed by atoms with Crippen LogP contribution in [0.1, 0.15) is 32.6 Å². The van der Waals surface area contributed by atoms with Crippen molar-refractivity contribution in [1.82, 2.24) is 21.4 Å². The van der Waals surface area contributed by atoms with Crippen LogP contribution in [0.4, 0.5) is 52.7 Å². The number of alkyl halides is 12. The second kappa shape index (κ2) is 17.0. The van der Waals surface area contributed by atoms with E-state index in [1.54, 1.807) is 6.92 Å². The lowest BCUT2D eigenvalue weighted by Gasteiger charge is -2.17. The van der Waals surface area contributed by atoms with Gasteiger partial charge in [0.25, 0.3) is 0 Å². The van der Waals surface area contributed by atoms with E-state index in [0.29, 0.717) is 15.8 Å². The Morgan fingerprint density at radius 3 is 1.43 bits per heavy atom. The highest BCUT2D eigenvalue weighted by molar-refractivity contribution is 8.27. The molecule has 0 aliphatic carbocycles. The fraction of sp³-hybridized carbons (Fsp3) is 0.714. The highest BCUT2D eigenvalue weighted by atomic mass is 32.3. The normalized spacial score (nSPS) is 14.2. The minimum atomic E-state index is -4.56. The van der Waals surface area contributed by atoms with E-state index in [9.17, 15) is 52.7 Å². The zero-order valence-electron chi connectivity index (χ0n) is 22.5. The lowest BCUT2D eigenvalue weighted by molar-refractivity contribution is -0.138. The van der Waals surface area contributed by atoms with Gasteiger partial charge in [-0.15, -0.1) is 14.9 Å². The van der Waals surface area contributed by atoms with Gasteiger partial charge in [-0.05, 0) is 36.6 Å². The van der Waals surface area contributed by atoms with Crippen LogP contribution in [0.5, 0.6) is 0 Å². The lowest BCUT2D eigenvalue weighted by Crippen LogP contribution is -2.15. The number of fused-ring (bicyclic) bond motifs is 1. The van der Waals surface area contributed by atoms with E-state index in [1.165, 1.54) is 16.8 Å². The molecule has 0 saturated heterocycles. The third-order valence-corrected chi connectivity index (χ3v) is 11.1. The number of halogens is 12. The van der Waals surface area contributed by atoms with Gasteiger partial charge in [0.1, 0.15) is 20.1 Å². The zero-order chi connectivity index (χ0) is 33.5. The van der Waals surface area contributed by atoms with Gasteiger partial charge in [-0.1, -0.05) is 6.92 Å². The van der Waals surface area contributed by atoms with E-state index in [4.69, 9.17) is 24.4 Å². The molecule has 1 aliphatic heterocycles. The number of thioether (sulfide) groups is 1. The lowest BCUT2D eigenvalue weighted by atomic mass is 10.4. The van der Waals surface area contributed by atoms with Crippen molar-refractivity contribution in [3.05, 3.63) is 9.54 Å². The van der Waals surface area contributed by atoms with E-state index < -0.39 is 71.0 Å². The summed E-state index contributed by atoms with van der Waals surface area (Å²) in [6.45, 7) is -2.35. The first-order valence-corrected chi connectivity index (χ1v) is 16.5. The van der Waals surface area contributed by atoms with Gasteiger partial charge in [-0.25, -0.2) is 8.78 Å². The predicted molar refractivity (Wildman–Crippen MR) is 152 cm³/mol. The van der Waals surface area contributed by atoms with Gasteiger partial charge in [0.2, 0.25) is 6.93 Å². The first kappa shape index (κ1) is 39.6. The first-order valence-electron chi connectivity index (χ1n) is 12.4. The van der Waals surface area contributed by atoms with Crippen LogP contribution in [0.25, 0.3) is 0 Å². The van der Waals surface area contributed by atoms with Crippen molar-refractivity contribution in [1.29, 1.82) is 0 Å². The Kier molecular flexibility index (Phi) is 15.3. The molecule has 44 heavy (non-hydrogen) atoms. The topological polar surface area (TPSA) is 23.0 Å². The van der Waals surface area contributed by atoms with Crippen LogP contribution >= 0.6 is 72.0 Å². The van der Waals surface area contributed by atoms with Crippen molar-refractivity contribution < 1.29 is 52.7 Å². The van der Waals surface area contributed by atoms with Gasteiger partial charge in [-0.3, -0.25) is 4.39 Å². The fourth-order valence-electron chi connectivity index (χ4n) is 3.63. The first-order chi connectivity index (χ1) is 20.4. The molecule has 0 atom stereocenters. The van der Waals surface area contributed by atoms with Crippen molar-refractivity contribution in [2.45, 2.75) is 97.4 Å². The summed E-state index contributed by atoms with van der Waals surface area (Å²) in [6.07, 6.45) is -17.2. The van der Waals surface area contributed by atoms with E-state index in [1.807, 2.05) is 0 Å². The molecule has 0 saturated carbocycles. The third-order valence-electron chi connectivity index (χ3n) is 5.41. The maximum absolute atomic E-state index is 13.1. The van der Waals surface area contributed by atoms with Crippen molar-refractivity contribution in [3.8, 4) is 0 Å². The Morgan fingerprint density at radius 2 is 1.02 bits per heavy atom.